The van der Waals surface area contributed by atoms with Crippen LogP contribution < -0.4 is 5.32 Å². The number of carboxylic acid groups (broad SMARTS) is 1. The molecule has 4 heteroatoms. The standard InChI is InChI=1S/C16H27NO3/c1-2-14(11-7-4-3-5-8-11)17-15(18)12-9-6-10-13(12)16(19)20/h11-14H,2-10H2,1H3,(H,17,18)(H,19,20). The zero-order chi connectivity index (χ0) is 14.5. The Morgan fingerprint density at radius 1 is 1.05 bits per heavy atom. The average molecular weight is 281 g/mol. The quantitative estimate of drug-likeness (QED) is 0.814. The summed E-state index contributed by atoms with van der Waals surface area (Å²) in [7, 11) is 0. The normalized spacial score (nSPS) is 29.1. The topological polar surface area (TPSA) is 66.4 Å². The van der Waals surface area contributed by atoms with Gasteiger partial charge in [0, 0.05) is 6.04 Å². The molecule has 0 bridgehead atoms. The summed E-state index contributed by atoms with van der Waals surface area (Å²) in [5.41, 5.74) is 0. The minimum atomic E-state index is -0.812. The minimum absolute atomic E-state index is 0.0210. The van der Waals surface area contributed by atoms with Gasteiger partial charge in [-0.3, -0.25) is 9.59 Å². The van der Waals surface area contributed by atoms with E-state index in [4.69, 9.17) is 0 Å². The molecule has 0 spiro atoms. The third-order valence-electron chi connectivity index (χ3n) is 5.16. The highest BCUT2D eigenvalue weighted by Gasteiger charge is 2.38. The number of hydrogen-bond donors (Lipinski definition) is 2. The molecule has 0 aromatic heterocycles. The number of amides is 1. The largest absolute Gasteiger partial charge is 0.481 e. The molecular weight excluding hydrogens is 254 g/mol. The van der Waals surface area contributed by atoms with Crippen molar-refractivity contribution in [3.05, 3.63) is 0 Å². The van der Waals surface area contributed by atoms with Gasteiger partial charge in [-0.05, 0) is 38.0 Å². The maximum atomic E-state index is 12.4. The lowest BCUT2D eigenvalue weighted by Gasteiger charge is -2.31. The number of hydrogen-bond acceptors (Lipinski definition) is 2. The molecule has 2 aliphatic rings. The van der Waals surface area contributed by atoms with E-state index in [1.54, 1.807) is 0 Å². The highest BCUT2D eigenvalue weighted by molar-refractivity contribution is 5.85. The van der Waals surface area contributed by atoms with E-state index in [0.717, 1.165) is 19.3 Å². The first-order chi connectivity index (χ1) is 9.63. The predicted octanol–water partition coefficient (Wildman–Crippen LogP) is 2.96. The number of carboxylic acids is 1. The molecule has 0 heterocycles. The summed E-state index contributed by atoms with van der Waals surface area (Å²) < 4.78 is 0. The molecule has 2 aliphatic carbocycles. The average Bonchev–Trinajstić information content (AvgIpc) is 2.95. The SMILES string of the molecule is CCC(NC(=O)C1CCCC1C(=O)O)C1CCCCC1. The van der Waals surface area contributed by atoms with Gasteiger partial charge in [-0.15, -0.1) is 0 Å². The van der Waals surface area contributed by atoms with Gasteiger partial charge in [-0.1, -0.05) is 32.6 Å². The molecule has 0 aromatic carbocycles. The van der Waals surface area contributed by atoms with Gasteiger partial charge in [0.2, 0.25) is 5.91 Å². The molecule has 0 aromatic rings. The third kappa shape index (κ3) is 3.53. The lowest BCUT2D eigenvalue weighted by atomic mass is 9.82. The van der Waals surface area contributed by atoms with Crippen LogP contribution >= 0.6 is 0 Å². The van der Waals surface area contributed by atoms with Crippen molar-refractivity contribution in [3.8, 4) is 0 Å². The van der Waals surface area contributed by atoms with Crippen LogP contribution in [0.1, 0.15) is 64.7 Å². The monoisotopic (exact) mass is 281 g/mol. The maximum Gasteiger partial charge on any atom is 0.307 e. The molecule has 0 radical (unpaired) electrons. The van der Waals surface area contributed by atoms with E-state index in [1.807, 2.05) is 0 Å². The molecule has 3 atom stereocenters. The van der Waals surface area contributed by atoms with Crippen molar-refractivity contribution in [1.29, 1.82) is 0 Å². The molecule has 2 rings (SSSR count). The van der Waals surface area contributed by atoms with E-state index < -0.39 is 11.9 Å². The van der Waals surface area contributed by atoms with Crippen LogP contribution in [0.3, 0.4) is 0 Å². The van der Waals surface area contributed by atoms with Gasteiger partial charge in [0.05, 0.1) is 11.8 Å². The summed E-state index contributed by atoms with van der Waals surface area (Å²) in [5, 5.41) is 12.4. The molecule has 0 saturated heterocycles. The Morgan fingerprint density at radius 3 is 2.30 bits per heavy atom. The fourth-order valence-corrected chi connectivity index (χ4v) is 3.95. The molecule has 2 N–H and O–H groups in total. The summed E-state index contributed by atoms with van der Waals surface area (Å²) in [5.74, 6) is -1.04. The van der Waals surface area contributed by atoms with Crippen LogP contribution in [0.15, 0.2) is 0 Å². The first kappa shape index (κ1) is 15.3. The van der Waals surface area contributed by atoms with E-state index in [9.17, 15) is 14.7 Å². The summed E-state index contributed by atoms with van der Waals surface area (Å²) in [4.78, 5) is 23.6. The summed E-state index contributed by atoms with van der Waals surface area (Å²) in [6.45, 7) is 2.11. The van der Waals surface area contributed by atoms with Gasteiger partial charge >= 0.3 is 5.97 Å². The Morgan fingerprint density at radius 2 is 1.70 bits per heavy atom. The molecule has 114 valence electrons. The smallest absolute Gasteiger partial charge is 0.307 e. The molecule has 3 unspecified atom stereocenters. The van der Waals surface area contributed by atoms with Crippen molar-refractivity contribution in [1.82, 2.24) is 5.32 Å². The highest BCUT2D eigenvalue weighted by Crippen LogP contribution is 2.33. The second-order valence-electron chi connectivity index (χ2n) is 6.40. The Bertz CT molecular complexity index is 350. The Balaban J connectivity index is 1.92. The van der Waals surface area contributed by atoms with Crippen LogP contribution in [0, 0.1) is 17.8 Å². The first-order valence-electron chi connectivity index (χ1n) is 8.16. The van der Waals surface area contributed by atoms with Crippen molar-refractivity contribution in [3.63, 3.8) is 0 Å². The molecule has 4 nitrogen and oxygen atoms in total. The number of rotatable bonds is 5. The minimum Gasteiger partial charge on any atom is -0.481 e. The fourth-order valence-electron chi connectivity index (χ4n) is 3.95. The Labute approximate surface area is 121 Å². The van der Waals surface area contributed by atoms with E-state index in [-0.39, 0.29) is 17.9 Å². The summed E-state index contributed by atoms with van der Waals surface area (Å²) in [6.07, 6.45) is 9.41. The van der Waals surface area contributed by atoms with Crippen molar-refractivity contribution >= 4 is 11.9 Å². The second-order valence-corrected chi connectivity index (χ2v) is 6.40. The zero-order valence-corrected chi connectivity index (χ0v) is 12.4. The van der Waals surface area contributed by atoms with Crippen LogP contribution in [0.25, 0.3) is 0 Å². The zero-order valence-electron chi connectivity index (χ0n) is 12.4. The molecule has 2 fully saturated rings. The maximum absolute atomic E-state index is 12.4. The Kier molecular flexibility index (Phi) is 5.44. The van der Waals surface area contributed by atoms with Gasteiger partial charge in [0.25, 0.3) is 0 Å². The van der Waals surface area contributed by atoms with E-state index in [0.29, 0.717) is 12.3 Å². The van der Waals surface area contributed by atoms with E-state index >= 15 is 0 Å². The van der Waals surface area contributed by atoms with Crippen LogP contribution in [0.5, 0.6) is 0 Å². The number of nitrogens with one attached hydrogen (secondary N) is 1. The van der Waals surface area contributed by atoms with Gasteiger partial charge in [0.1, 0.15) is 0 Å². The van der Waals surface area contributed by atoms with Crippen LogP contribution in [0.4, 0.5) is 0 Å². The number of carbonyl (C=O) groups is 2. The van der Waals surface area contributed by atoms with E-state index in [1.165, 1.54) is 32.1 Å². The molecular formula is C16H27NO3. The molecule has 20 heavy (non-hydrogen) atoms. The third-order valence-corrected chi connectivity index (χ3v) is 5.16. The highest BCUT2D eigenvalue weighted by atomic mass is 16.4. The van der Waals surface area contributed by atoms with Gasteiger partial charge in [-0.25, -0.2) is 0 Å². The van der Waals surface area contributed by atoms with Gasteiger partial charge in [0.15, 0.2) is 0 Å². The van der Waals surface area contributed by atoms with Crippen LogP contribution in [-0.4, -0.2) is 23.0 Å². The first-order valence-corrected chi connectivity index (χ1v) is 8.16. The van der Waals surface area contributed by atoms with Crippen molar-refractivity contribution < 1.29 is 14.7 Å². The summed E-state index contributed by atoms with van der Waals surface area (Å²) in [6, 6.07) is 0.234. The predicted molar refractivity (Wildman–Crippen MR) is 77.3 cm³/mol. The van der Waals surface area contributed by atoms with Gasteiger partial charge in [-0.2, -0.15) is 0 Å². The Hall–Kier alpha value is -1.06. The molecule has 1 amide bonds. The second kappa shape index (κ2) is 7.09. The lowest BCUT2D eigenvalue weighted by Crippen LogP contribution is -2.45. The van der Waals surface area contributed by atoms with Crippen molar-refractivity contribution in [2.24, 2.45) is 17.8 Å². The number of aliphatic carboxylic acids is 1. The van der Waals surface area contributed by atoms with Crippen LogP contribution in [0.2, 0.25) is 0 Å². The van der Waals surface area contributed by atoms with Crippen LogP contribution in [-0.2, 0) is 9.59 Å². The van der Waals surface area contributed by atoms with Crippen molar-refractivity contribution in [2.45, 2.75) is 70.8 Å². The lowest BCUT2D eigenvalue weighted by molar-refractivity contribution is -0.146. The fraction of sp³-hybridized carbons (Fsp3) is 0.875. The molecule has 2 saturated carbocycles. The number of carbonyl (C=O) groups excluding carboxylic acids is 1. The van der Waals surface area contributed by atoms with Crippen molar-refractivity contribution in [2.75, 3.05) is 0 Å². The molecule has 0 aliphatic heterocycles. The summed E-state index contributed by atoms with van der Waals surface area (Å²) >= 11 is 0. The van der Waals surface area contributed by atoms with Gasteiger partial charge < -0.3 is 10.4 Å². The van der Waals surface area contributed by atoms with E-state index in [2.05, 4.69) is 12.2 Å².